The molecule has 0 radical (unpaired) electrons. The van der Waals surface area contributed by atoms with Crippen LogP contribution in [0.3, 0.4) is 0 Å². The molecule has 0 aliphatic carbocycles. The van der Waals surface area contributed by atoms with E-state index in [1.807, 2.05) is 0 Å². The molecular weight excluding hydrogens is 236 g/mol. The van der Waals surface area contributed by atoms with Crippen molar-refractivity contribution in [3.05, 3.63) is 35.4 Å². The van der Waals surface area contributed by atoms with E-state index >= 15 is 0 Å². The number of hydrogen-bond acceptors (Lipinski definition) is 4. The Morgan fingerprint density at radius 2 is 2.06 bits per heavy atom. The van der Waals surface area contributed by atoms with Crippen molar-refractivity contribution in [3.63, 3.8) is 0 Å². The van der Waals surface area contributed by atoms with E-state index in [1.54, 1.807) is 12.1 Å². The second-order valence-corrected chi connectivity index (χ2v) is 4.08. The highest BCUT2D eigenvalue weighted by molar-refractivity contribution is 6.02. The van der Waals surface area contributed by atoms with Crippen molar-refractivity contribution >= 4 is 11.9 Å². The van der Waals surface area contributed by atoms with Gasteiger partial charge in [0.25, 0.3) is 0 Å². The van der Waals surface area contributed by atoms with Crippen molar-refractivity contribution in [1.29, 1.82) is 0 Å². The normalized spacial score (nSPS) is 18.6. The number of rotatable bonds is 4. The molecule has 5 heteroatoms. The van der Waals surface area contributed by atoms with Crippen LogP contribution < -0.4 is 0 Å². The van der Waals surface area contributed by atoms with Crippen molar-refractivity contribution in [2.45, 2.75) is 18.9 Å². The number of carboxylic acid groups (broad SMARTS) is 1. The van der Waals surface area contributed by atoms with Gasteiger partial charge in [-0.2, -0.15) is 0 Å². The lowest BCUT2D eigenvalue weighted by Crippen LogP contribution is -2.19. The van der Waals surface area contributed by atoms with Crippen LogP contribution in [0.25, 0.3) is 0 Å². The minimum atomic E-state index is -1.14. The maximum absolute atomic E-state index is 11.8. The Hall–Kier alpha value is -1.88. The van der Waals surface area contributed by atoms with Gasteiger partial charge in [-0.25, -0.2) is 9.59 Å². The first-order chi connectivity index (χ1) is 8.68. The molecule has 1 heterocycles. The number of hydrogen-bond donors (Lipinski definition) is 1. The summed E-state index contributed by atoms with van der Waals surface area (Å²) < 4.78 is 10.4. The van der Waals surface area contributed by atoms with Crippen LogP contribution in [0.2, 0.25) is 0 Å². The number of benzene rings is 1. The molecule has 0 aromatic heterocycles. The van der Waals surface area contributed by atoms with E-state index in [0.29, 0.717) is 6.61 Å². The molecule has 0 bridgehead atoms. The number of carbonyl (C=O) groups is 2. The summed E-state index contributed by atoms with van der Waals surface area (Å²) in [6.45, 7) is 0.862. The molecule has 1 saturated heterocycles. The smallest absolute Gasteiger partial charge is 0.339 e. The molecule has 0 unspecified atom stereocenters. The lowest BCUT2D eigenvalue weighted by molar-refractivity contribution is 0.0159. The quantitative estimate of drug-likeness (QED) is 0.824. The number of carboxylic acids is 1. The topological polar surface area (TPSA) is 72.8 Å². The van der Waals surface area contributed by atoms with Gasteiger partial charge in [0.1, 0.15) is 6.61 Å². The molecule has 1 fully saturated rings. The molecule has 1 atom stereocenters. The molecule has 96 valence electrons. The Morgan fingerprint density at radius 1 is 1.33 bits per heavy atom. The van der Waals surface area contributed by atoms with Crippen LogP contribution in [0.1, 0.15) is 33.6 Å². The number of esters is 1. The molecule has 0 spiro atoms. The first-order valence-corrected chi connectivity index (χ1v) is 5.79. The minimum absolute atomic E-state index is 0.0464. The molecule has 1 aromatic rings. The van der Waals surface area contributed by atoms with Crippen LogP contribution in [-0.4, -0.2) is 36.4 Å². The maximum atomic E-state index is 11.8. The van der Waals surface area contributed by atoms with E-state index in [1.165, 1.54) is 12.1 Å². The summed E-state index contributed by atoms with van der Waals surface area (Å²) in [5.41, 5.74) is 0.0258. The van der Waals surface area contributed by atoms with Gasteiger partial charge in [0.2, 0.25) is 0 Å². The molecule has 0 saturated carbocycles. The lowest BCUT2D eigenvalue weighted by Gasteiger charge is -2.11. The molecule has 18 heavy (non-hydrogen) atoms. The molecule has 1 aliphatic rings. The Bertz CT molecular complexity index is 448. The van der Waals surface area contributed by atoms with Crippen LogP contribution >= 0.6 is 0 Å². The van der Waals surface area contributed by atoms with E-state index in [-0.39, 0.29) is 23.8 Å². The lowest BCUT2D eigenvalue weighted by atomic mass is 10.1. The highest BCUT2D eigenvalue weighted by atomic mass is 16.6. The van der Waals surface area contributed by atoms with Crippen LogP contribution in [0.15, 0.2) is 24.3 Å². The fourth-order valence-electron chi connectivity index (χ4n) is 1.87. The minimum Gasteiger partial charge on any atom is -0.478 e. The van der Waals surface area contributed by atoms with Crippen molar-refractivity contribution in [1.82, 2.24) is 0 Å². The Balaban J connectivity index is 2.01. The Labute approximate surface area is 104 Å². The first kappa shape index (κ1) is 12.6. The van der Waals surface area contributed by atoms with Gasteiger partial charge in [0.15, 0.2) is 0 Å². The zero-order valence-corrected chi connectivity index (χ0v) is 9.80. The average Bonchev–Trinajstić information content (AvgIpc) is 2.89. The maximum Gasteiger partial charge on any atom is 0.339 e. The molecule has 5 nitrogen and oxygen atoms in total. The number of ether oxygens (including phenoxy) is 2. The average molecular weight is 250 g/mol. The largest absolute Gasteiger partial charge is 0.478 e. The summed E-state index contributed by atoms with van der Waals surface area (Å²) >= 11 is 0. The van der Waals surface area contributed by atoms with Crippen LogP contribution in [0, 0.1) is 0 Å². The SMILES string of the molecule is O=C(O)c1ccccc1C(=O)OC[C@H]1CCCO1. The third-order valence-electron chi connectivity index (χ3n) is 2.80. The summed E-state index contributed by atoms with van der Waals surface area (Å²) in [5.74, 6) is -1.76. The fourth-order valence-corrected chi connectivity index (χ4v) is 1.87. The van der Waals surface area contributed by atoms with Gasteiger partial charge in [-0.15, -0.1) is 0 Å². The third kappa shape index (κ3) is 2.87. The number of aromatic carboxylic acids is 1. The van der Waals surface area contributed by atoms with Gasteiger partial charge in [-0.3, -0.25) is 0 Å². The summed E-state index contributed by atoms with van der Waals surface area (Å²) in [7, 11) is 0. The van der Waals surface area contributed by atoms with Gasteiger partial charge in [-0.05, 0) is 25.0 Å². The van der Waals surface area contributed by atoms with Crippen molar-refractivity contribution in [3.8, 4) is 0 Å². The van der Waals surface area contributed by atoms with Crippen LogP contribution in [-0.2, 0) is 9.47 Å². The van der Waals surface area contributed by atoms with Gasteiger partial charge < -0.3 is 14.6 Å². The standard InChI is InChI=1S/C13H14O5/c14-12(15)10-5-1-2-6-11(10)13(16)18-8-9-4-3-7-17-9/h1-2,5-6,9H,3-4,7-8H2,(H,14,15)/t9-/m1/s1. The van der Waals surface area contributed by atoms with E-state index in [0.717, 1.165) is 12.8 Å². The summed E-state index contributed by atoms with van der Waals surface area (Å²) in [6, 6.07) is 6.00. The summed E-state index contributed by atoms with van der Waals surface area (Å²) in [4.78, 5) is 22.7. The highest BCUT2D eigenvalue weighted by Gasteiger charge is 2.20. The van der Waals surface area contributed by atoms with Gasteiger partial charge in [0, 0.05) is 6.61 Å². The van der Waals surface area contributed by atoms with Crippen molar-refractivity contribution < 1.29 is 24.2 Å². The monoisotopic (exact) mass is 250 g/mol. The van der Waals surface area contributed by atoms with Crippen LogP contribution in [0.4, 0.5) is 0 Å². The molecule has 1 aromatic carbocycles. The zero-order valence-electron chi connectivity index (χ0n) is 9.80. The summed E-state index contributed by atoms with van der Waals surface area (Å²) in [5, 5.41) is 8.96. The van der Waals surface area contributed by atoms with Gasteiger partial charge in [-0.1, -0.05) is 12.1 Å². The molecule has 2 rings (SSSR count). The van der Waals surface area contributed by atoms with Crippen molar-refractivity contribution in [2.75, 3.05) is 13.2 Å². The Kier molecular flexibility index (Phi) is 3.94. The van der Waals surface area contributed by atoms with E-state index in [4.69, 9.17) is 14.6 Å². The third-order valence-corrected chi connectivity index (χ3v) is 2.80. The Morgan fingerprint density at radius 3 is 2.67 bits per heavy atom. The van der Waals surface area contributed by atoms with Crippen molar-refractivity contribution in [2.24, 2.45) is 0 Å². The van der Waals surface area contributed by atoms with E-state index in [2.05, 4.69) is 0 Å². The second-order valence-electron chi connectivity index (χ2n) is 4.08. The van der Waals surface area contributed by atoms with Crippen LogP contribution in [0.5, 0.6) is 0 Å². The van der Waals surface area contributed by atoms with Gasteiger partial charge >= 0.3 is 11.9 Å². The van der Waals surface area contributed by atoms with Gasteiger partial charge in [0.05, 0.1) is 17.2 Å². The van der Waals surface area contributed by atoms with E-state index < -0.39 is 11.9 Å². The second kappa shape index (κ2) is 5.64. The molecule has 0 amide bonds. The molecule has 1 aliphatic heterocycles. The molecular formula is C13H14O5. The van der Waals surface area contributed by atoms with E-state index in [9.17, 15) is 9.59 Å². The highest BCUT2D eigenvalue weighted by Crippen LogP contribution is 2.14. The summed E-state index contributed by atoms with van der Waals surface area (Å²) in [6.07, 6.45) is 1.77. The zero-order chi connectivity index (χ0) is 13.0. The fraction of sp³-hybridized carbons (Fsp3) is 0.385. The predicted octanol–water partition coefficient (Wildman–Crippen LogP) is 1.72. The predicted molar refractivity (Wildman–Crippen MR) is 62.7 cm³/mol. The number of carbonyl (C=O) groups excluding carboxylic acids is 1. The molecule has 1 N–H and O–H groups in total. The first-order valence-electron chi connectivity index (χ1n) is 5.79.